The molecule has 2 rings (SSSR count). The van der Waals surface area contributed by atoms with Crippen LogP contribution >= 0.6 is 0 Å². The van der Waals surface area contributed by atoms with Gasteiger partial charge in [0.05, 0.1) is 12.0 Å². The maximum atomic E-state index is 13.6. The second-order valence-electron chi connectivity index (χ2n) is 5.11. The van der Waals surface area contributed by atoms with Crippen molar-refractivity contribution in [3.05, 3.63) is 35.4 Å². The van der Waals surface area contributed by atoms with Gasteiger partial charge in [0, 0.05) is 12.1 Å². The van der Waals surface area contributed by atoms with Crippen LogP contribution in [0.15, 0.2) is 18.2 Å². The van der Waals surface area contributed by atoms with E-state index in [-0.39, 0.29) is 23.3 Å². The summed E-state index contributed by atoms with van der Waals surface area (Å²) < 4.78 is 27.2. The number of carbonyl (C=O) groups is 1. The molecule has 1 aliphatic heterocycles. The Morgan fingerprint density at radius 2 is 2.00 bits per heavy atom. The molecule has 3 nitrogen and oxygen atoms in total. The van der Waals surface area contributed by atoms with Crippen molar-refractivity contribution in [1.82, 2.24) is 10.6 Å². The van der Waals surface area contributed by atoms with Crippen molar-refractivity contribution < 1.29 is 13.6 Å². The topological polar surface area (TPSA) is 41.1 Å². The molecule has 1 aromatic carbocycles. The first-order valence-electron chi connectivity index (χ1n) is 6.45. The molecule has 0 radical (unpaired) electrons. The van der Waals surface area contributed by atoms with Gasteiger partial charge < -0.3 is 10.6 Å². The van der Waals surface area contributed by atoms with Crippen molar-refractivity contribution in [2.45, 2.75) is 19.9 Å². The fourth-order valence-corrected chi connectivity index (χ4v) is 2.48. The molecule has 0 aromatic heterocycles. The van der Waals surface area contributed by atoms with Crippen molar-refractivity contribution in [2.24, 2.45) is 11.8 Å². The van der Waals surface area contributed by atoms with Gasteiger partial charge in [-0.2, -0.15) is 0 Å². The highest BCUT2D eigenvalue weighted by molar-refractivity contribution is 5.80. The molecule has 0 spiro atoms. The van der Waals surface area contributed by atoms with Gasteiger partial charge in [0.15, 0.2) is 0 Å². The standard InChI is InChI=1S/C14H18F2N2O/c1-8-6-17-7-10(8)14(19)18-9(2)13-11(15)4-3-5-12(13)16/h3-5,8-10,17H,6-7H2,1-2H3,(H,18,19)/t8-,9?,10-/m1/s1. The summed E-state index contributed by atoms with van der Waals surface area (Å²) in [7, 11) is 0. The quantitative estimate of drug-likeness (QED) is 0.880. The summed E-state index contributed by atoms with van der Waals surface area (Å²) >= 11 is 0. The summed E-state index contributed by atoms with van der Waals surface area (Å²) in [4.78, 5) is 12.1. The van der Waals surface area contributed by atoms with E-state index in [4.69, 9.17) is 0 Å². The van der Waals surface area contributed by atoms with E-state index >= 15 is 0 Å². The molecule has 2 N–H and O–H groups in total. The van der Waals surface area contributed by atoms with Gasteiger partial charge >= 0.3 is 0 Å². The molecule has 1 amide bonds. The zero-order valence-corrected chi connectivity index (χ0v) is 11.0. The van der Waals surface area contributed by atoms with Crippen molar-refractivity contribution in [1.29, 1.82) is 0 Å². The van der Waals surface area contributed by atoms with E-state index in [1.54, 1.807) is 6.92 Å². The van der Waals surface area contributed by atoms with E-state index in [1.807, 2.05) is 6.92 Å². The lowest BCUT2D eigenvalue weighted by molar-refractivity contribution is -0.126. The minimum absolute atomic E-state index is 0.0885. The van der Waals surface area contributed by atoms with Crippen LogP contribution in [0.2, 0.25) is 0 Å². The summed E-state index contributed by atoms with van der Waals surface area (Å²) in [5.74, 6) is -1.33. The van der Waals surface area contributed by atoms with E-state index in [9.17, 15) is 13.6 Å². The van der Waals surface area contributed by atoms with E-state index in [0.29, 0.717) is 6.54 Å². The van der Waals surface area contributed by atoms with E-state index in [1.165, 1.54) is 18.2 Å². The lowest BCUT2D eigenvalue weighted by Gasteiger charge is -2.20. The van der Waals surface area contributed by atoms with Gasteiger partial charge in [-0.15, -0.1) is 0 Å². The normalized spacial score (nSPS) is 24.2. The lowest BCUT2D eigenvalue weighted by atomic mass is 9.96. The molecule has 1 aromatic rings. The number of nitrogens with one attached hydrogen (secondary N) is 2. The minimum Gasteiger partial charge on any atom is -0.349 e. The van der Waals surface area contributed by atoms with Crippen molar-refractivity contribution in [3.63, 3.8) is 0 Å². The first-order chi connectivity index (χ1) is 9.00. The van der Waals surface area contributed by atoms with Crippen molar-refractivity contribution >= 4 is 5.91 Å². The zero-order valence-electron chi connectivity index (χ0n) is 11.0. The summed E-state index contributed by atoms with van der Waals surface area (Å²) in [6.45, 7) is 4.98. The van der Waals surface area contributed by atoms with Crippen molar-refractivity contribution in [2.75, 3.05) is 13.1 Å². The molecule has 1 aliphatic rings. The largest absolute Gasteiger partial charge is 0.349 e. The molecule has 19 heavy (non-hydrogen) atoms. The zero-order chi connectivity index (χ0) is 14.0. The molecule has 0 aliphatic carbocycles. The molecule has 0 saturated carbocycles. The van der Waals surface area contributed by atoms with Gasteiger partial charge in [-0.1, -0.05) is 13.0 Å². The molecule has 3 atom stereocenters. The molecule has 1 saturated heterocycles. The van der Waals surface area contributed by atoms with Gasteiger partial charge in [-0.3, -0.25) is 4.79 Å². The van der Waals surface area contributed by atoms with Gasteiger partial charge in [-0.25, -0.2) is 8.78 Å². The SMILES string of the molecule is CC(NC(=O)[C@@H]1CNC[C@H]1C)c1c(F)cccc1F. The number of benzene rings is 1. The highest BCUT2D eigenvalue weighted by Gasteiger charge is 2.31. The average Bonchev–Trinajstić information content (AvgIpc) is 2.75. The second-order valence-corrected chi connectivity index (χ2v) is 5.11. The van der Waals surface area contributed by atoms with Gasteiger partial charge in [0.2, 0.25) is 5.91 Å². The summed E-state index contributed by atoms with van der Waals surface area (Å²) in [5, 5.41) is 5.82. The van der Waals surface area contributed by atoms with Gasteiger partial charge in [-0.05, 0) is 31.5 Å². The van der Waals surface area contributed by atoms with Crippen LogP contribution in [0.25, 0.3) is 0 Å². The highest BCUT2D eigenvalue weighted by atomic mass is 19.1. The molecule has 0 bridgehead atoms. The number of carbonyl (C=O) groups excluding carboxylic acids is 1. The first-order valence-corrected chi connectivity index (χ1v) is 6.45. The predicted octanol–water partition coefficient (Wildman–Crippen LogP) is 2.00. The van der Waals surface area contributed by atoms with Crippen LogP contribution in [-0.2, 0) is 4.79 Å². The Kier molecular flexibility index (Phi) is 4.14. The van der Waals surface area contributed by atoms with E-state index < -0.39 is 17.7 Å². The van der Waals surface area contributed by atoms with Crippen LogP contribution in [0.4, 0.5) is 8.78 Å². The molecular formula is C14H18F2N2O. The second kappa shape index (κ2) is 5.65. The van der Waals surface area contributed by atoms with Crippen LogP contribution in [-0.4, -0.2) is 19.0 Å². The van der Waals surface area contributed by atoms with Crippen molar-refractivity contribution in [3.8, 4) is 0 Å². The Balaban J connectivity index is 2.08. The maximum absolute atomic E-state index is 13.6. The highest BCUT2D eigenvalue weighted by Crippen LogP contribution is 2.22. The molecule has 1 fully saturated rings. The number of amides is 1. The lowest BCUT2D eigenvalue weighted by Crippen LogP contribution is -2.36. The monoisotopic (exact) mass is 268 g/mol. The Morgan fingerprint density at radius 3 is 2.53 bits per heavy atom. The van der Waals surface area contributed by atoms with Crippen LogP contribution in [0.3, 0.4) is 0 Å². The summed E-state index contributed by atoms with van der Waals surface area (Å²) in [5.41, 5.74) is -0.0885. The van der Waals surface area contributed by atoms with Crippen LogP contribution in [0.5, 0.6) is 0 Å². The Morgan fingerprint density at radius 1 is 1.37 bits per heavy atom. The third-order valence-electron chi connectivity index (χ3n) is 3.65. The summed E-state index contributed by atoms with van der Waals surface area (Å²) in [6.07, 6.45) is 0. The predicted molar refractivity (Wildman–Crippen MR) is 68.4 cm³/mol. The van der Waals surface area contributed by atoms with E-state index in [2.05, 4.69) is 10.6 Å². The minimum atomic E-state index is -0.679. The van der Waals surface area contributed by atoms with E-state index in [0.717, 1.165) is 6.54 Å². The van der Waals surface area contributed by atoms with Gasteiger partial charge in [0.1, 0.15) is 11.6 Å². The first kappa shape index (κ1) is 13.9. The molecule has 1 heterocycles. The third kappa shape index (κ3) is 2.92. The molecular weight excluding hydrogens is 250 g/mol. The Hall–Kier alpha value is -1.49. The Bertz CT molecular complexity index is 458. The fourth-order valence-electron chi connectivity index (χ4n) is 2.48. The van der Waals surface area contributed by atoms with Gasteiger partial charge in [0.25, 0.3) is 0 Å². The number of halogens is 2. The molecule has 1 unspecified atom stereocenters. The average molecular weight is 268 g/mol. The fraction of sp³-hybridized carbons (Fsp3) is 0.500. The molecule has 104 valence electrons. The summed E-state index contributed by atoms with van der Waals surface area (Å²) in [6, 6.07) is 3.02. The van der Waals surface area contributed by atoms with Crippen LogP contribution in [0.1, 0.15) is 25.5 Å². The third-order valence-corrected chi connectivity index (χ3v) is 3.65. The number of hydrogen-bond acceptors (Lipinski definition) is 2. The maximum Gasteiger partial charge on any atom is 0.225 e. The Labute approximate surface area is 111 Å². The number of hydrogen-bond donors (Lipinski definition) is 2. The van der Waals surface area contributed by atoms with Crippen LogP contribution in [0, 0.1) is 23.5 Å². The van der Waals surface area contributed by atoms with Crippen LogP contribution < -0.4 is 10.6 Å². The molecule has 5 heteroatoms. The smallest absolute Gasteiger partial charge is 0.225 e. The number of rotatable bonds is 3.